The van der Waals surface area contributed by atoms with Crippen LogP contribution in [0, 0.1) is 0 Å². The quantitative estimate of drug-likeness (QED) is 0.431. The van der Waals surface area contributed by atoms with Crippen LogP contribution in [0.2, 0.25) is 5.02 Å². The first-order valence-electron chi connectivity index (χ1n) is 7.23. The molecule has 0 unspecified atom stereocenters. The summed E-state index contributed by atoms with van der Waals surface area (Å²) in [6, 6.07) is 11.8. The Morgan fingerprint density at radius 1 is 0.846 bits per heavy atom. The molecule has 8 heteroatoms. The van der Waals surface area contributed by atoms with Gasteiger partial charge in [0.1, 0.15) is 11.3 Å². The summed E-state index contributed by atoms with van der Waals surface area (Å²) in [5.41, 5.74) is 11.8. The third-order valence-electron chi connectivity index (χ3n) is 3.46. The van der Waals surface area contributed by atoms with Crippen molar-refractivity contribution in [2.75, 3.05) is 11.5 Å². The number of aromatic carboxylic acids is 2. The van der Waals surface area contributed by atoms with E-state index < -0.39 is 11.9 Å². The van der Waals surface area contributed by atoms with Crippen molar-refractivity contribution in [1.82, 2.24) is 0 Å². The molecule has 0 aliphatic heterocycles. The molecule has 0 saturated heterocycles. The van der Waals surface area contributed by atoms with Gasteiger partial charge in [0.05, 0.1) is 16.3 Å². The molecule has 26 heavy (non-hydrogen) atoms. The van der Waals surface area contributed by atoms with Gasteiger partial charge < -0.3 is 26.8 Å². The molecule has 0 atom stereocenters. The smallest absolute Gasteiger partial charge is 0.339 e. The largest absolute Gasteiger partial charge is 0.507 e. The number of halogens is 1. The number of phenols is 1. The minimum Gasteiger partial charge on any atom is -0.507 e. The van der Waals surface area contributed by atoms with Gasteiger partial charge in [0, 0.05) is 5.69 Å². The molecule has 0 bridgehead atoms. The number of carboxylic acids is 2. The topological polar surface area (TPSA) is 147 Å². The van der Waals surface area contributed by atoms with Gasteiger partial charge in [0.15, 0.2) is 0 Å². The molecule has 3 aromatic rings. The fourth-order valence-corrected chi connectivity index (χ4v) is 2.32. The van der Waals surface area contributed by atoms with Crippen molar-refractivity contribution in [1.29, 1.82) is 0 Å². The average Bonchev–Trinajstić information content (AvgIpc) is 2.57. The number of aromatic hydroxyl groups is 1. The normalized spacial score (nSPS) is 10.0. The number of nitrogen functional groups attached to an aromatic ring is 2. The lowest BCUT2D eigenvalue weighted by atomic mass is 10.0. The van der Waals surface area contributed by atoms with Crippen LogP contribution in [-0.4, -0.2) is 27.3 Å². The first-order valence-corrected chi connectivity index (χ1v) is 7.60. The summed E-state index contributed by atoms with van der Waals surface area (Å²) in [5, 5.41) is 28.6. The number of hydrogen-bond donors (Lipinski definition) is 5. The zero-order valence-corrected chi connectivity index (χ0v) is 14.1. The summed E-state index contributed by atoms with van der Waals surface area (Å²) in [7, 11) is 0. The SMILES string of the molecule is Nc1ccc(N)c(Cl)c1.O=C(O)c1ccc2cc(O)c(C(=O)O)cc2c1. The van der Waals surface area contributed by atoms with Crippen molar-refractivity contribution < 1.29 is 24.9 Å². The summed E-state index contributed by atoms with van der Waals surface area (Å²) in [5.74, 6) is -2.69. The van der Waals surface area contributed by atoms with Crippen LogP contribution in [0.15, 0.2) is 48.5 Å². The van der Waals surface area contributed by atoms with Crippen molar-refractivity contribution in [2.45, 2.75) is 0 Å². The second-order valence-corrected chi connectivity index (χ2v) is 5.73. The Hall–Kier alpha value is -3.45. The molecule has 3 aromatic carbocycles. The number of carboxylic acid groups (broad SMARTS) is 2. The predicted octanol–water partition coefficient (Wildman–Crippen LogP) is 3.45. The molecular formula is C18H15ClN2O5. The van der Waals surface area contributed by atoms with Gasteiger partial charge in [-0.2, -0.15) is 0 Å². The van der Waals surface area contributed by atoms with Gasteiger partial charge in [-0.05, 0) is 53.2 Å². The Morgan fingerprint density at radius 3 is 2.08 bits per heavy atom. The fourth-order valence-electron chi connectivity index (χ4n) is 2.13. The molecule has 7 nitrogen and oxygen atoms in total. The van der Waals surface area contributed by atoms with Gasteiger partial charge >= 0.3 is 11.9 Å². The van der Waals surface area contributed by atoms with Gasteiger partial charge in [-0.3, -0.25) is 0 Å². The summed E-state index contributed by atoms with van der Waals surface area (Å²) in [4.78, 5) is 21.6. The second-order valence-electron chi connectivity index (χ2n) is 5.32. The molecule has 0 spiro atoms. The number of anilines is 2. The lowest BCUT2D eigenvalue weighted by Gasteiger charge is -2.04. The van der Waals surface area contributed by atoms with E-state index in [1.165, 1.54) is 30.3 Å². The van der Waals surface area contributed by atoms with Crippen molar-refractivity contribution >= 4 is 45.7 Å². The van der Waals surface area contributed by atoms with Crippen LogP contribution in [0.3, 0.4) is 0 Å². The molecule has 7 N–H and O–H groups in total. The van der Waals surface area contributed by atoms with Crippen LogP contribution in [0.5, 0.6) is 5.75 Å². The van der Waals surface area contributed by atoms with E-state index in [4.69, 9.17) is 33.3 Å². The Kier molecular flexibility index (Phi) is 5.54. The van der Waals surface area contributed by atoms with Crippen LogP contribution in [0.25, 0.3) is 10.8 Å². The summed E-state index contributed by atoms with van der Waals surface area (Å²) in [6.45, 7) is 0. The lowest BCUT2D eigenvalue weighted by molar-refractivity contribution is 0.0685. The van der Waals surface area contributed by atoms with Gasteiger partial charge in [-0.15, -0.1) is 0 Å². The number of rotatable bonds is 2. The third-order valence-corrected chi connectivity index (χ3v) is 3.78. The third kappa shape index (κ3) is 4.34. The molecular weight excluding hydrogens is 360 g/mol. The van der Waals surface area contributed by atoms with Crippen LogP contribution in [0.1, 0.15) is 20.7 Å². The molecule has 0 heterocycles. The minimum absolute atomic E-state index is 0.0690. The number of fused-ring (bicyclic) bond motifs is 1. The van der Waals surface area contributed by atoms with Crippen LogP contribution in [-0.2, 0) is 0 Å². The number of nitrogens with two attached hydrogens (primary N) is 2. The first kappa shape index (κ1) is 18.9. The van der Waals surface area contributed by atoms with Gasteiger partial charge in [-0.25, -0.2) is 9.59 Å². The van der Waals surface area contributed by atoms with Crippen LogP contribution >= 0.6 is 11.6 Å². The molecule has 0 aliphatic carbocycles. The first-order chi connectivity index (χ1) is 12.2. The zero-order chi connectivity index (χ0) is 19.4. The van der Waals surface area contributed by atoms with Crippen molar-refractivity contribution in [2.24, 2.45) is 0 Å². The van der Waals surface area contributed by atoms with E-state index in [-0.39, 0.29) is 16.9 Å². The predicted molar refractivity (Wildman–Crippen MR) is 99.8 cm³/mol. The van der Waals surface area contributed by atoms with E-state index in [1.54, 1.807) is 18.2 Å². The minimum atomic E-state index is -1.26. The monoisotopic (exact) mass is 374 g/mol. The van der Waals surface area contributed by atoms with E-state index in [0.717, 1.165) is 0 Å². The highest BCUT2D eigenvalue weighted by Gasteiger charge is 2.12. The van der Waals surface area contributed by atoms with Crippen LogP contribution in [0.4, 0.5) is 11.4 Å². The van der Waals surface area contributed by atoms with Gasteiger partial charge in [-0.1, -0.05) is 17.7 Å². The van der Waals surface area contributed by atoms with Crippen molar-refractivity contribution in [3.63, 3.8) is 0 Å². The maximum absolute atomic E-state index is 10.8. The molecule has 0 fully saturated rings. The summed E-state index contributed by atoms with van der Waals surface area (Å²) >= 11 is 5.61. The van der Waals surface area contributed by atoms with Gasteiger partial charge in [0.2, 0.25) is 0 Å². The average molecular weight is 375 g/mol. The molecule has 0 amide bonds. The van der Waals surface area contributed by atoms with E-state index in [9.17, 15) is 14.7 Å². The Labute approximate surface area is 153 Å². The molecule has 134 valence electrons. The van der Waals surface area contributed by atoms with Crippen molar-refractivity contribution in [3.8, 4) is 5.75 Å². The molecule has 0 saturated carbocycles. The standard InChI is InChI=1S/C12H8O5.C6H7ClN2/c13-10-5-6-1-2-7(11(14)15)3-8(6)4-9(10)12(16)17;7-5-3-4(8)1-2-6(5)9/h1-5,13H,(H,14,15)(H,16,17);1-3H,8-9H2. The number of hydrogen-bond acceptors (Lipinski definition) is 5. The Bertz CT molecular complexity index is 1000. The van der Waals surface area contributed by atoms with Crippen LogP contribution < -0.4 is 11.5 Å². The highest BCUT2D eigenvalue weighted by atomic mass is 35.5. The maximum Gasteiger partial charge on any atom is 0.339 e. The molecule has 0 aliphatic rings. The fraction of sp³-hybridized carbons (Fsp3) is 0. The van der Waals surface area contributed by atoms with E-state index in [2.05, 4.69) is 0 Å². The van der Waals surface area contributed by atoms with Gasteiger partial charge in [0.25, 0.3) is 0 Å². The van der Waals surface area contributed by atoms with E-state index in [0.29, 0.717) is 27.2 Å². The van der Waals surface area contributed by atoms with Crippen molar-refractivity contribution in [3.05, 3.63) is 64.7 Å². The van der Waals surface area contributed by atoms with E-state index >= 15 is 0 Å². The highest BCUT2D eigenvalue weighted by Crippen LogP contribution is 2.26. The Morgan fingerprint density at radius 2 is 1.54 bits per heavy atom. The van der Waals surface area contributed by atoms with E-state index in [1.807, 2.05) is 0 Å². The highest BCUT2D eigenvalue weighted by molar-refractivity contribution is 6.33. The molecule has 3 rings (SSSR count). The second kappa shape index (κ2) is 7.62. The Balaban J connectivity index is 0.000000228. The summed E-state index contributed by atoms with van der Waals surface area (Å²) in [6.07, 6.45) is 0. The lowest BCUT2D eigenvalue weighted by Crippen LogP contribution is -1.98. The summed E-state index contributed by atoms with van der Waals surface area (Å²) < 4.78 is 0. The molecule has 0 aromatic heterocycles. The number of carbonyl (C=O) groups is 2. The number of benzene rings is 3. The molecule has 0 radical (unpaired) electrons. The maximum atomic E-state index is 10.8. The zero-order valence-electron chi connectivity index (χ0n) is 13.3.